The van der Waals surface area contributed by atoms with Gasteiger partial charge in [0, 0.05) is 37.3 Å². The third-order valence-corrected chi connectivity index (χ3v) is 5.20. The Bertz CT molecular complexity index is 1050. The van der Waals surface area contributed by atoms with E-state index in [2.05, 4.69) is 5.32 Å². The number of nitrogens with zero attached hydrogens (tertiary/aromatic N) is 1. The monoisotopic (exact) mass is 394 g/mol. The molecule has 29 heavy (non-hydrogen) atoms. The summed E-state index contributed by atoms with van der Waals surface area (Å²) >= 11 is 0. The summed E-state index contributed by atoms with van der Waals surface area (Å²) < 4.78 is 13.7. The van der Waals surface area contributed by atoms with Crippen LogP contribution in [-0.4, -0.2) is 34.3 Å². The van der Waals surface area contributed by atoms with Crippen molar-refractivity contribution in [2.75, 3.05) is 13.2 Å². The molecular weight excluding hydrogens is 368 g/mol. The molecule has 2 heterocycles. The Kier molecular flexibility index (Phi) is 4.96. The van der Waals surface area contributed by atoms with Crippen molar-refractivity contribution < 1.29 is 19.4 Å². The average molecular weight is 394 g/mol. The molecular formula is C23H26N2O4. The summed E-state index contributed by atoms with van der Waals surface area (Å²) in [6.07, 6.45) is 2.00. The van der Waals surface area contributed by atoms with E-state index in [1.807, 2.05) is 68.1 Å². The number of aryl methyl sites for hydroxylation is 1. The lowest BCUT2D eigenvalue weighted by atomic mass is 10.0. The highest BCUT2D eigenvalue weighted by Crippen LogP contribution is 2.41. The molecule has 1 atom stereocenters. The molecule has 0 fully saturated rings. The molecule has 2 aromatic carbocycles. The minimum absolute atomic E-state index is 0.122. The average Bonchev–Trinajstić information content (AvgIpc) is 3.22. The molecule has 0 aliphatic carbocycles. The number of aliphatic hydroxyl groups is 1. The zero-order valence-corrected chi connectivity index (χ0v) is 16.9. The summed E-state index contributed by atoms with van der Waals surface area (Å²) in [4.78, 5) is 12.2. The SMILES string of the molecule is Cn1ccc2cc([C@@H](O)CNC(=O)COc3cccc4c3OC(C)(C)C4)ccc21. The van der Waals surface area contributed by atoms with E-state index in [0.29, 0.717) is 11.5 Å². The van der Waals surface area contributed by atoms with E-state index in [-0.39, 0.29) is 24.7 Å². The summed E-state index contributed by atoms with van der Waals surface area (Å²) in [5.41, 5.74) is 2.67. The maximum Gasteiger partial charge on any atom is 0.258 e. The van der Waals surface area contributed by atoms with Crippen molar-refractivity contribution >= 4 is 16.8 Å². The Morgan fingerprint density at radius 1 is 1.31 bits per heavy atom. The maximum atomic E-state index is 12.2. The normalized spacial score (nSPS) is 15.6. The number of rotatable bonds is 6. The number of hydrogen-bond acceptors (Lipinski definition) is 4. The van der Waals surface area contributed by atoms with Crippen molar-refractivity contribution in [1.29, 1.82) is 0 Å². The first kappa shape index (κ1) is 19.3. The van der Waals surface area contributed by atoms with Crippen molar-refractivity contribution in [2.24, 2.45) is 7.05 Å². The number of carbonyl (C=O) groups is 1. The molecule has 6 heteroatoms. The van der Waals surface area contributed by atoms with Gasteiger partial charge in [-0.05, 0) is 49.1 Å². The van der Waals surface area contributed by atoms with Gasteiger partial charge in [-0.2, -0.15) is 0 Å². The van der Waals surface area contributed by atoms with Gasteiger partial charge in [-0.15, -0.1) is 0 Å². The number of amides is 1. The lowest BCUT2D eigenvalue weighted by molar-refractivity contribution is -0.123. The van der Waals surface area contributed by atoms with Crippen LogP contribution in [0.2, 0.25) is 0 Å². The molecule has 2 N–H and O–H groups in total. The van der Waals surface area contributed by atoms with Crippen molar-refractivity contribution in [3.8, 4) is 11.5 Å². The number of aromatic nitrogens is 1. The zero-order chi connectivity index (χ0) is 20.6. The van der Waals surface area contributed by atoms with Crippen LogP contribution in [0.15, 0.2) is 48.7 Å². The molecule has 4 rings (SSSR count). The highest BCUT2D eigenvalue weighted by molar-refractivity contribution is 5.81. The molecule has 1 aliphatic rings. The molecule has 0 saturated carbocycles. The number of benzene rings is 2. The fourth-order valence-corrected chi connectivity index (χ4v) is 3.73. The van der Waals surface area contributed by atoms with Crippen molar-refractivity contribution in [2.45, 2.75) is 32.0 Å². The number of para-hydroxylation sites is 1. The number of aliphatic hydroxyl groups excluding tert-OH is 1. The van der Waals surface area contributed by atoms with E-state index in [1.165, 1.54) is 0 Å². The molecule has 1 aromatic heterocycles. The smallest absolute Gasteiger partial charge is 0.258 e. The Labute approximate surface area is 170 Å². The number of hydrogen-bond donors (Lipinski definition) is 2. The molecule has 3 aromatic rings. The summed E-state index contributed by atoms with van der Waals surface area (Å²) in [6.45, 7) is 4.04. The van der Waals surface area contributed by atoms with Crippen LogP contribution < -0.4 is 14.8 Å². The van der Waals surface area contributed by atoms with E-state index >= 15 is 0 Å². The second-order valence-corrected chi connectivity index (χ2v) is 8.14. The fraction of sp³-hybridized carbons (Fsp3) is 0.348. The second-order valence-electron chi connectivity index (χ2n) is 8.14. The quantitative estimate of drug-likeness (QED) is 0.674. The number of ether oxygens (including phenoxy) is 2. The number of nitrogens with one attached hydrogen (secondary N) is 1. The Morgan fingerprint density at radius 3 is 2.97 bits per heavy atom. The molecule has 0 bridgehead atoms. The topological polar surface area (TPSA) is 72.7 Å². The van der Waals surface area contributed by atoms with Crippen LogP contribution in [0.1, 0.15) is 31.1 Å². The fourth-order valence-electron chi connectivity index (χ4n) is 3.73. The summed E-state index contributed by atoms with van der Waals surface area (Å²) in [6, 6.07) is 13.5. The van der Waals surface area contributed by atoms with Gasteiger partial charge in [-0.1, -0.05) is 18.2 Å². The van der Waals surface area contributed by atoms with Crippen LogP contribution in [0.4, 0.5) is 0 Å². The van der Waals surface area contributed by atoms with Gasteiger partial charge in [0.15, 0.2) is 18.1 Å². The second kappa shape index (κ2) is 7.44. The number of carbonyl (C=O) groups excluding carboxylic acids is 1. The summed E-state index contributed by atoms with van der Waals surface area (Å²) in [5.74, 6) is 0.986. The molecule has 0 unspecified atom stereocenters. The number of fused-ring (bicyclic) bond motifs is 2. The molecule has 1 aliphatic heterocycles. The van der Waals surface area contributed by atoms with Crippen molar-refractivity contribution in [3.05, 3.63) is 59.8 Å². The van der Waals surface area contributed by atoms with Crippen LogP contribution in [-0.2, 0) is 18.3 Å². The summed E-state index contributed by atoms with van der Waals surface area (Å²) in [7, 11) is 1.98. The van der Waals surface area contributed by atoms with Crippen LogP contribution >= 0.6 is 0 Å². The Hall–Kier alpha value is -2.99. The van der Waals surface area contributed by atoms with Crippen LogP contribution in [0, 0.1) is 0 Å². The third-order valence-electron chi connectivity index (χ3n) is 5.20. The van der Waals surface area contributed by atoms with Gasteiger partial charge in [0.05, 0.1) is 6.10 Å². The van der Waals surface area contributed by atoms with Gasteiger partial charge >= 0.3 is 0 Å². The van der Waals surface area contributed by atoms with E-state index < -0.39 is 6.10 Å². The van der Waals surface area contributed by atoms with Gasteiger partial charge in [0.2, 0.25) is 0 Å². The maximum absolute atomic E-state index is 12.2. The largest absolute Gasteiger partial charge is 0.483 e. The van der Waals surface area contributed by atoms with E-state index in [9.17, 15) is 9.90 Å². The minimum Gasteiger partial charge on any atom is -0.483 e. The first-order valence-corrected chi connectivity index (χ1v) is 9.76. The Morgan fingerprint density at radius 2 is 2.14 bits per heavy atom. The van der Waals surface area contributed by atoms with Gasteiger partial charge < -0.3 is 24.5 Å². The van der Waals surface area contributed by atoms with Crippen LogP contribution in [0.5, 0.6) is 11.5 Å². The molecule has 6 nitrogen and oxygen atoms in total. The van der Waals surface area contributed by atoms with Crippen molar-refractivity contribution in [1.82, 2.24) is 9.88 Å². The lowest BCUT2D eigenvalue weighted by Gasteiger charge is -2.18. The minimum atomic E-state index is -0.784. The van der Waals surface area contributed by atoms with E-state index in [1.54, 1.807) is 6.07 Å². The van der Waals surface area contributed by atoms with Gasteiger partial charge in [0.25, 0.3) is 5.91 Å². The Balaban J connectivity index is 1.32. The first-order chi connectivity index (χ1) is 13.8. The highest BCUT2D eigenvalue weighted by Gasteiger charge is 2.32. The van der Waals surface area contributed by atoms with E-state index in [0.717, 1.165) is 28.5 Å². The predicted octanol–water partition coefficient (Wildman–Crippen LogP) is 3.12. The molecule has 0 radical (unpaired) electrons. The first-order valence-electron chi connectivity index (χ1n) is 9.76. The molecule has 1 amide bonds. The predicted molar refractivity (Wildman–Crippen MR) is 111 cm³/mol. The molecule has 0 spiro atoms. The summed E-state index contributed by atoms with van der Waals surface area (Å²) in [5, 5.41) is 14.2. The van der Waals surface area contributed by atoms with Gasteiger partial charge in [-0.25, -0.2) is 0 Å². The molecule has 0 saturated heterocycles. The van der Waals surface area contributed by atoms with Crippen LogP contribution in [0.3, 0.4) is 0 Å². The lowest BCUT2D eigenvalue weighted by Crippen LogP contribution is -2.32. The van der Waals surface area contributed by atoms with Gasteiger partial charge in [-0.3, -0.25) is 4.79 Å². The standard InChI is InChI=1S/C23H26N2O4/c1-23(2)12-17-5-4-6-20(22(17)29-23)28-14-21(27)24-13-19(26)16-7-8-18-15(11-16)9-10-25(18)3/h4-11,19,26H,12-14H2,1-3H3,(H,24,27)/t19-/m0/s1. The third kappa shape index (κ3) is 4.07. The zero-order valence-electron chi connectivity index (χ0n) is 16.9. The van der Waals surface area contributed by atoms with Crippen molar-refractivity contribution in [3.63, 3.8) is 0 Å². The molecule has 152 valence electrons. The van der Waals surface area contributed by atoms with Crippen LogP contribution in [0.25, 0.3) is 10.9 Å². The highest BCUT2D eigenvalue weighted by atomic mass is 16.5. The van der Waals surface area contributed by atoms with Gasteiger partial charge in [0.1, 0.15) is 5.60 Å². The van der Waals surface area contributed by atoms with E-state index in [4.69, 9.17) is 9.47 Å².